The highest BCUT2D eigenvalue weighted by Crippen LogP contribution is 2.22. The highest BCUT2D eigenvalue weighted by molar-refractivity contribution is 9.10. The molecule has 1 fully saturated rings. The van der Waals surface area contributed by atoms with Gasteiger partial charge in [-0.15, -0.1) is 0 Å². The Kier molecular flexibility index (Phi) is 8.11. The Hall–Kier alpha value is -2.62. The summed E-state index contributed by atoms with van der Waals surface area (Å²) in [7, 11) is 1.61. The third-order valence-corrected chi connectivity index (χ3v) is 6.09. The SMILES string of the molecule is COc1cccc(N2CCN(C(=O)[C@H](O)[C@@H](O)C(=O)NC(C)c3ccc(Br)cc3)CC2)c1. The molecular weight excluding hydrogens is 478 g/mol. The zero-order valence-corrected chi connectivity index (χ0v) is 19.7. The molecule has 0 aromatic heterocycles. The summed E-state index contributed by atoms with van der Waals surface area (Å²) in [6.07, 6.45) is -3.67. The first-order valence-electron chi connectivity index (χ1n) is 10.4. The van der Waals surface area contributed by atoms with Crippen molar-refractivity contribution in [2.45, 2.75) is 25.2 Å². The van der Waals surface area contributed by atoms with Crippen LogP contribution in [0.1, 0.15) is 18.5 Å². The van der Waals surface area contributed by atoms with Crippen LogP contribution in [0.5, 0.6) is 5.75 Å². The summed E-state index contributed by atoms with van der Waals surface area (Å²) in [6, 6.07) is 14.6. The predicted molar refractivity (Wildman–Crippen MR) is 125 cm³/mol. The van der Waals surface area contributed by atoms with Gasteiger partial charge in [0.1, 0.15) is 5.75 Å². The first kappa shape index (κ1) is 24.0. The van der Waals surface area contributed by atoms with Crippen molar-refractivity contribution in [3.8, 4) is 5.75 Å². The average molecular weight is 506 g/mol. The molecule has 2 aromatic rings. The number of ether oxygens (including phenoxy) is 1. The largest absolute Gasteiger partial charge is 0.497 e. The van der Waals surface area contributed by atoms with Crippen LogP contribution in [-0.2, 0) is 9.59 Å². The summed E-state index contributed by atoms with van der Waals surface area (Å²) in [5.41, 5.74) is 1.82. The van der Waals surface area contributed by atoms with Crippen LogP contribution in [0.2, 0.25) is 0 Å². The molecule has 8 nitrogen and oxygen atoms in total. The number of carbonyl (C=O) groups is 2. The van der Waals surface area contributed by atoms with Crippen molar-refractivity contribution < 1.29 is 24.5 Å². The number of nitrogens with one attached hydrogen (secondary N) is 1. The smallest absolute Gasteiger partial charge is 0.254 e. The first-order valence-corrected chi connectivity index (χ1v) is 11.2. The van der Waals surface area contributed by atoms with Crippen molar-refractivity contribution in [1.29, 1.82) is 0 Å². The summed E-state index contributed by atoms with van der Waals surface area (Å²) in [5, 5.41) is 23.3. The number of nitrogens with zero attached hydrogens (tertiary/aromatic N) is 2. The lowest BCUT2D eigenvalue weighted by Crippen LogP contribution is -2.55. The molecule has 0 spiro atoms. The van der Waals surface area contributed by atoms with Crippen molar-refractivity contribution in [3.63, 3.8) is 0 Å². The van der Waals surface area contributed by atoms with Gasteiger partial charge in [-0.3, -0.25) is 9.59 Å². The number of aliphatic hydroxyl groups excluding tert-OH is 2. The molecule has 32 heavy (non-hydrogen) atoms. The number of aliphatic hydroxyl groups is 2. The Labute approximate surface area is 195 Å². The third-order valence-electron chi connectivity index (χ3n) is 5.56. The van der Waals surface area contributed by atoms with E-state index in [1.165, 1.54) is 4.90 Å². The number of hydrogen-bond donors (Lipinski definition) is 3. The fourth-order valence-corrected chi connectivity index (χ4v) is 3.86. The van der Waals surface area contributed by atoms with Gasteiger partial charge in [-0.1, -0.05) is 34.1 Å². The molecule has 0 bridgehead atoms. The van der Waals surface area contributed by atoms with E-state index >= 15 is 0 Å². The van der Waals surface area contributed by atoms with Gasteiger partial charge < -0.3 is 30.1 Å². The number of piperazine rings is 1. The molecule has 2 aromatic carbocycles. The average Bonchev–Trinajstić information content (AvgIpc) is 2.83. The predicted octanol–water partition coefficient (Wildman–Crippen LogP) is 1.71. The van der Waals surface area contributed by atoms with Crippen LogP contribution in [-0.4, -0.2) is 72.4 Å². The number of amides is 2. The number of hydrogen-bond acceptors (Lipinski definition) is 6. The van der Waals surface area contributed by atoms with Crippen molar-refractivity contribution in [2.75, 3.05) is 38.2 Å². The molecule has 2 amide bonds. The molecule has 9 heteroatoms. The van der Waals surface area contributed by atoms with Crippen LogP contribution in [0, 0.1) is 0 Å². The minimum atomic E-state index is -1.85. The van der Waals surface area contributed by atoms with E-state index < -0.39 is 24.0 Å². The van der Waals surface area contributed by atoms with E-state index in [2.05, 4.69) is 26.1 Å². The van der Waals surface area contributed by atoms with Gasteiger partial charge in [-0.05, 0) is 36.8 Å². The van der Waals surface area contributed by atoms with Gasteiger partial charge in [0.05, 0.1) is 13.2 Å². The van der Waals surface area contributed by atoms with E-state index in [0.29, 0.717) is 26.2 Å². The third kappa shape index (κ3) is 5.79. The number of anilines is 1. The summed E-state index contributed by atoms with van der Waals surface area (Å²) in [4.78, 5) is 28.7. The number of benzene rings is 2. The van der Waals surface area contributed by atoms with Crippen LogP contribution in [0.25, 0.3) is 0 Å². The number of rotatable bonds is 7. The summed E-state index contributed by atoms with van der Waals surface area (Å²) in [6.45, 7) is 3.64. The minimum Gasteiger partial charge on any atom is -0.497 e. The Morgan fingerprint density at radius 1 is 1.03 bits per heavy atom. The molecule has 1 aliphatic rings. The van der Waals surface area contributed by atoms with Gasteiger partial charge >= 0.3 is 0 Å². The van der Waals surface area contributed by atoms with Crippen LogP contribution in [0.15, 0.2) is 53.0 Å². The Bertz CT molecular complexity index is 931. The molecular formula is C23H28BrN3O5. The van der Waals surface area contributed by atoms with Gasteiger partial charge in [-0.2, -0.15) is 0 Å². The number of halogens is 1. The van der Waals surface area contributed by atoms with Gasteiger partial charge in [0.15, 0.2) is 12.2 Å². The molecule has 0 radical (unpaired) electrons. The fourth-order valence-electron chi connectivity index (χ4n) is 3.59. The molecule has 1 unspecified atom stereocenters. The number of carbonyl (C=O) groups excluding carboxylic acids is 2. The Morgan fingerprint density at radius 3 is 2.31 bits per heavy atom. The second-order valence-corrected chi connectivity index (χ2v) is 8.60. The van der Waals surface area contributed by atoms with Crippen LogP contribution < -0.4 is 15.0 Å². The van der Waals surface area contributed by atoms with Crippen LogP contribution >= 0.6 is 15.9 Å². The molecule has 3 rings (SSSR count). The van der Waals surface area contributed by atoms with Crippen LogP contribution in [0.4, 0.5) is 5.69 Å². The standard InChI is InChI=1S/C23H28BrN3O5/c1-15(16-6-8-17(24)9-7-16)25-22(30)20(28)21(29)23(31)27-12-10-26(11-13-27)18-4-3-5-19(14-18)32-2/h3-9,14-15,20-21,28-29H,10-13H2,1-2H3,(H,25,30)/t15?,20-,21-/m1/s1. The normalized spacial score (nSPS) is 16.8. The molecule has 1 saturated heterocycles. The van der Waals surface area contributed by atoms with Crippen LogP contribution in [0.3, 0.4) is 0 Å². The first-order chi connectivity index (χ1) is 15.3. The maximum atomic E-state index is 12.7. The molecule has 1 heterocycles. The van der Waals surface area contributed by atoms with Gasteiger partial charge in [0.25, 0.3) is 11.8 Å². The van der Waals surface area contributed by atoms with Crippen molar-refractivity contribution >= 4 is 33.4 Å². The van der Waals surface area contributed by atoms with E-state index in [-0.39, 0.29) is 6.04 Å². The molecule has 3 N–H and O–H groups in total. The fraction of sp³-hybridized carbons (Fsp3) is 0.391. The lowest BCUT2D eigenvalue weighted by Gasteiger charge is -2.37. The van der Waals surface area contributed by atoms with Gasteiger partial charge in [0, 0.05) is 42.4 Å². The maximum Gasteiger partial charge on any atom is 0.254 e. The monoisotopic (exact) mass is 505 g/mol. The van der Waals surface area contributed by atoms with E-state index in [1.807, 2.05) is 48.5 Å². The van der Waals surface area contributed by atoms with E-state index in [1.54, 1.807) is 14.0 Å². The minimum absolute atomic E-state index is 0.372. The Balaban J connectivity index is 1.53. The molecule has 1 aliphatic heterocycles. The number of methoxy groups -OCH3 is 1. The maximum absolute atomic E-state index is 12.7. The zero-order chi connectivity index (χ0) is 23.3. The van der Waals surface area contributed by atoms with Gasteiger partial charge in [0.2, 0.25) is 0 Å². The quantitative estimate of drug-likeness (QED) is 0.529. The lowest BCUT2D eigenvalue weighted by molar-refractivity contribution is -0.153. The molecule has 0 saturated carbocycles. The highest BCUT2D eigenvalue weighted by Gasteiger charge is 2.35. The lowest BCUT2D eigenvalue weighted by atomic mass is 10.1. The molecule has 0 aliphatic carbocycles. The van der Waals surface area contributed by atoms with Crippen molar-refractivity contribution in [3.05, 3.63) is 58.6 Å². The van der Waals surface area contributed by atoms with E-state index in [0.717, 1.165) is 21.5 Å². The second-order valence-electron chi connectivity index (χ2n) is 7.69. The molecule has 3 atom stereocenters. The van der Waals surface area contributed by atoms with E-state index in [9.17, 15) is 19.8 Å². The van der Waals surface area contributed by atoms with Crippen molar-refractivity contribution in [1.82, 2.24) is 10.2 Å². The van der Waals surface area contributed by atoms with Crippen molar-refractivity contribution in [2.24, 2.45) is 0 Å². The molecule has 172 valence electrons. The van der Waals surface area contributed by atoms with Gasteiger partial charge in [-0.25, -0.2) is 0 Å². The summed E-state index contributed by atoms with van der Waals surface area (Å²) >= 11 is 3.35. The highest BCUT2D eigenvalue weighted by atomic mass is 79.9. The topological polar surface area (TPSA) is 102 Å². The zero-order valence-electron chi connectivity index (χ0n) is 18.1. The summed E-state index contributed by atoms with van der Waals surface area (Å²) < 4.78 is 6.16. The second kappa shape index (κ2) is 10.8. The Morgan fingerprint density at radius 2 is 1.69 bits per heavy atom. The summed E-state index contributed by atoms with van der Waals surface area (Å²) in [5.74, 6) is -0.701. The van der Waals surface area contributed by atoms with E-state index in [4.69, 9.17) is 4.74 Å².